The van der Waals surface area contributed by atoms with Gasteiger partial charge >= 0.3 is 0 Å². The first-order valence-electron chi connectivity index (χ1n) is 4.49. The standard InChI is InChI=1S/C9H15NO/c1-7(11)10-9-4-2-8(6-9)3-5-9/h8H,2-6H2,1H3,(H,10,11). The summed E-state index contributed by atoms with van der Waals surface area (Å²) in [5.74, 6) is 1.06. The molecule has 0 spiro atoms. The van der Waals surface area contributed by atoms with Gasteiger partial charge in [0, 0.05) is 12.5 Å². The summed E-state index contributed by atoms with van der Waals surface area (Å²) >= 11 is 0. The predicted octanol–water partition coefficient (Wildman–Crippen LogP) is 1.46. The molecule has 0 atom stereocenters. The average Bonchev–Trinajstić information content (AvgIpc) is 2.43. The molecule has 11 heavy (non-hydrogen) atoms. The summed E-state index contributed by atoms with van der Waals surface area (Å²) in [5.41, 5.74) is 0.233. The van der Waals surface area contributed by atoms with Crippen molar-refractivity contribution in [1.82, 2.24) is 5.32 Å². The van der Waals surface area contributed by atoms with Crippen LogP contribution in [0.3, 0.4) is 0 Å². The van der Waals surface area contributed by atoms with Crippen LogP contribution in [0.25, 0.3) is 0 Å². The second-order valence-corrected chi connectivity index (χ2v) is 4.11. The molecule has 0 unspecified atom stereocenters. The molecule has 0 aliphatic heterocycles. The second kappa shape index (κ2) is 2.23. The lowest BCUT2D eigenvalue weighted by molar-refractivity contribution is -0.120. The van der Waals surface area contributed by atoms with Crippen molar-refractivity contribution in [1.29, 1.82) is 0 Å². The monoisotopic (exact) mass is 153 g/mol. The number of carbonyl (C=O) groups is 1. The van der Waals surface area contributed by atoms with Gasteiger partial charge in [-0.3, -0.25) is 4.79 Å². The first-order chi connectivity index (χ1) is 5.20. The van der Waals surface area contributed by atoms with Gasteiger partial charge in [-0.15, -0.1) is 0 Å². The largest absolute Gasteiger partial charge is 0.351 e. The Kier molecular flexibility index (Phi) is 1.44. The maximum absolute atomic E-state index is 10.9. The van der Waals surface area contributed by atoms with Crippen LogP contribution in [0.5, 0.6) is 0 Å². The molecule has 0 radical (unpaired) electrons. The Morgan fingerprint density at radius 2 is 2.09 bits per heavy atom. The van der Waals surface area contributed by atoms with Gasteiger partial charge in [0.1, 0.15) is 0 Å². The van der Waals surface area contributed by atoms with Gasteiger partial charge < -0.3 is 5.32 Å². The topological polar surface area (TPSA) is 29.1 Å². The molecular formula is C9H15NO. The number of carbonyl (C=O) groups excluding carboxylic acids is 1. The molecule has 62 valence electrons. The van der Waals surface area contributed by atoms with Crippen LogP contribution in [0.4, 0.5) is 0 Å². The molecule has 2 rings (SSSR count). The molecule has 0 aromatic carbocycles. The van der Waals surface area contributed by atoms with Crippen molar-refractivity contribution in [3.05, 3.63) is 0 Å². The van der Waals surface area contributed by atoms with Gasteiger partial charge in [0.05, 0.1) is 0 Å². The van der Waals surface area contributed by atoms with E-state index in [9.17, 15) is 4.79 Å². The average molecular weight is 153 g/mol. The highest BCUT2D eigenvalue weighted by Crippen LogP contribution is 2.47. The van der Waals surface area contributed by atoms with Crippen LogP contribution in [0.2, 0.25) is 0 Å². The smallest absolute Gasteiger partial charge is 0.217 e. The Balaban J connectivity index is 2.05. The predicted molar refractivity (Wildman–Crippen MR) is 43.1 cm³/mol. The van der Waals surface area contributed by atoms with Crippen molar-refractivity contribution in [2.75, 3.05) is 0 Å². The highest BCUT2D eigenvalue weighted by Gasteiger charge is 2.44. The molecule has 2 bridgehead atoms. The fraction of sp³-hybridized carbons (Fsp3) is 0.889. The van der Waals surface area contributed by atoms with E-state index >= 15 is 0 Å². The molecule has 1 N–H and O–H groups in total. The quantitative estimate of drug-likeness (QED) is 0.607. The van der Waals surface area contributed by atoms with E-state index in [1.54, 1.807) is 6.92 Å². The Hall–Kier alpha value is -0.530. The molecule has 2 saturated carbocycles. The van der Waals surface area contributed by atoms with E-state index in [0.29, 0.717) is 0 Å². The van der Waals surface area contributed by atoms with E-state index in [0.717, 1.165) is 5.92 Å². The first kappa shape index (κ1) is 7.14. The molecule has 0 aromatic heterocycles. The molecule has 0 heterocycles. The Morgan fingerprint density at radius 3 is 2.45 bits per heavy atom. The van der Waals surface area contributed by atoms with E-state index in [4.69, 9.17) is 0 Å². The van der Waals surface area contributed by atoms with Gasteiger partial charge in [0.25, 0.3) is 0 Å². The zero-order valence-corrected chi connectivity index (χ0v) is 7.02. The maximum atomic E-state index is 10.9. The minimum Gasteiger partial charge on any atom is -0.351 e. The van der Waals surface area contributed by atoms with Gasteiger partial charge in [0.15, 0.2) is 0 Å². The van der Waals surface area contributed by atoms with Crippen molar-refractivity contribution in [2.24, 2.45) is 5.92 Å². The lowest BCUT2D eigenvalue weighted by Gasteiger charge is -2.27. The number of amides is 1. The highest BCUT2D eigenvalue weighted by molar-refractivity contribution is 5.74. The van der Waals surface area contributed by atoms with E-state index in [-0.39, 0.29) is 11.4 Å². The van der Waals surface area contributed by atoms with Gasteiger partial charge in [0.2, 0.25) is 5.91 Å². The van der Waals surface area contributed by atoms with Crippen molar-refractivity contribution in [3.63, 3.8) is 0 Å². The summed E-state index contributed by atoms with van der Waals surface area (Å²) < 4.78 is 0. The van der Waals surface area contributed by atoms with Crippen LogP contribution >= 0.6 is 0 Å². The van der Waals surface area contributed by atoms with Crippen LogP contribution in [-0.4, -0.2) is 11.4 Å². The van der Waals surface area contributed by atoms with E-state index in [1.165, 1.54) is 32.1 Å². The minimum absolute atomic E-state index is 0.146. The van der Waals surface area contributed by atoms with Crippen LogP contribution in [0.1, 0.15) is 39.0 Å². The van der Waals surface area contributed by atoms with Gasteiger partial charge in [-0.25, -0.2) is 0 Å². The molecule has 2 fully saturated rings. The van der Waals surface area contributed by atoms with E-state index in [2.05, 4.69) is 5.32 Å². The number of fused-ring (bicyclic) bond motifs is 2. The summed E-state index contributed by atoms with van der Waals surface area (Å²) in [6.45, 7) is 1.63. The number of rotatable bonds is 1. The summed E-state index contributed by atoms with van der Waals surface area (Å²) in [7, 11) is 0. The van der Waals surface area contributed by atoms with E-state index in [1.807, 2.05) is 0 Å². The Morgan fingerprint density at radius 1 is 1.45 bits per heavy atom. The lowest BCUT2D eigenvalue weighted by atomic mass is 9.94. The zero-order chi connectivity index (χ0) is 7.90. The van der Waals surface area contributed by atoms with Crippen molar-refractivity contribution < 1.29 is 4.79 Å². The Bertz CT molecular complexity index is 180. The molecule has 2 nitrogen and oxygen atoms in total. The molecular weight excluding hydrogens is 138 g/mol. The number of hydrogen-bond acceptors (Lipinski definition) is 1. The van der Waals surface area contributed by atoms with Crippen LogP contribution in [0, 0.1) is 5.92 Å². The SMILES string of the molecule is CC(=O)NC12CCC(CC1)C2. The second-order valence-electron chi connectivity index (χ2n) is 4.11. The zero-order valence-electron chi connectivity index (χ0n) is 7.02. The number of hydrogen-bond donors (Lipinski definition) is 1. The van der Waals surface area contributed by atoms with Crippen LogP contribution in [0.15, 0.2) is 0 Å². The summed E-state index contributed by atoms with van der Waals surface area (Å²) in [6, 6.07) is 0. The minimum atomic E-state index is 0.146. The third kappa shape index (κ3) is 1.15. The fourth-order valence-electron chi connectivity index (χ4n) is 2.74. The third-order valence-corrected chi connectivity index (χ3v) is 3.18. The van der Waals surface area contributed by atoms with E-state index < -0.39 is 0 Å². The van der Waals surface area contributed by atoms with Gasteiger partial charge in [-0.1, -0.05) is 0 Å². The lowest BCUT2D eigenvalue weighted by Crippen LogP contribution is -2.43. The fourth-order valence-corrected chi connectivity index (χ4v) is 2.74. The maximum Gasteiger partial charge on any atom is 0.217 e. The molecule has 0 saturated heterocycles. The van der Waals surface area contributed by atoms with Crippen molar-refractivity contribution >= 4 is 5.91 Å². The number of nitrogens with one attached hydrogen (secondary N) is 1. The van der Waals surface area contributed by atoms with Crippen molar-refractivity contribution in [3.8, 4) is 0 Å². The van der Waals surface area contributed by atoms with Crippen LogP contribution < -0.4 is 5.32 Å². The summed E-state index contributed by atoms with van der Waals surface area (Å²) in [5, 5.41) is 3.11. The highest BCUT2D eigenvalue weighted by atomic mass is 16.1. The van der Waals surface area contributed by atoms with Crippen molar-refractivity contribution in [2.45, 2.75) is 44.6 Å². The molecule has 2 heteroatoms. The molecule has 2 aliphatic rings. The molecule has 2 aliphatic carbocycles. The summed E-state index contributed by atoms with van der Waals surface area (Å²) in [4.78, 5) is 10.9. The normalized spacial score (nSPS) is 41.0. The summed E-state index contributed by atoms with van der Waals surface area (Å²) in [6.07, 6.45) is 6.35. The Labute approximate surface area is 67.4 Å². The first-order valence-corrected chi connectivity index (χ1v) is 4.49. The van der Waals surface area contributed by atoms with Gasteiger partial charge in [-0.05, 0) is 38.0 Å². The molecule has 0 aromatic rings. The third-order valence-electron chi connectivity index (χ3n) is 3.18. The van der Waals surface area contributed by atoms with Crippen LogP contribution in [-0.2, 0) is 4.79 Å². The molecule has 1 amide bonds. The van der Waals surface area contributed by atoms with Gasteiger partial charge in [-0.2, -0.15) is 0 Å².